The highest BCUT2D eigenvalue weighted by Gasteiger charge is 2.24. The van der Waals surface area contributed by atoms with Crippen molar-refractivity contribution >= 4 is 11.6 Å². The standard InChI is InChI=1S/C25H21ClF3N5O2/c1-13-10-33(12-31-13)21-5-4-15(8-22(21)36-3)24(32-30)18-9-17(26)11-34(25(18)35)14(2)16-6-19(27)23(29)20(28)7-16/h4-12,14,24,30H,1-3H3. The van der Waals surface area contributed by atoms with E-state index in [0.717, 1.165) is 17.8 Å². The highest BCUT2D eigenvalue weighted by molar-refractivity contribution is 6.30. The van der Waals surface area contributed by atoms with E-state index in [-0.39, 0.29) is 16.1 Å². The normalized spacial score (nSPS) is 12.9. The summed E-state index contributed by atoms with van der Waals surface area (Å²) in [5.74, 6) is -3.87. The minimum absolute atomic E-state index is 0.0303. The second kappa shape index (κ2) is 9.98. The molecular weight excluding hydrogens is 495 g/mol. The minimum Gasteiger partial charge on any atom is -0.495 e. The molecule has 2 aromatic carbocycles. The van der Waals surface area contributed by atoms with Crippen molar-refractivity contribution in [1.82, 2.24) is 14.1 Å². The third-order valence-corrected chi connectivity index (χ3v) is 6.08. The maximum absolute atomic E-state index is 13.8. The van der Waals surface area contributed by atoms with E-state index in [0.29, 0.717) is 17.0 Å². The largest absolute Gasteiger partial charge is 0.495 e. The maximum Gasteiger partial charge on any atom is 0.256 e. The first-order valence-corrected chi connectivity index (χ1v) is 11.1. The van der Waals surface area contributed by atoms with Crippen LogP contribution in [0.3, 0.4) is 0 Å². The number of benzene rings is 2. The fourth-order valence-electron chi connectivity index (χ4n) is 4.00. The van der Waals surface area contributed by atoms with Gasteiger partial charge in [0, 0.05) is 18.0 Å². The number of aromatic nitrogens is 3. The summed E-state index contributed by atoms with van der Waals surface area (Å²) in [4.78, 5) is 17.7. The van der Waals surface area contributed by atoms with Crippen LogP contribution in [-0.4, -0.2) is 21.2 Å². The number of nitrogens with zero attached hydrogens (tertiary/aromatic N) is 4. The van der Waals surface area contributed by atoms with Crippen LogP contribution in [0.1, 0.15) is 41.4 Å². The van der Waals surface area contributed by atoms with E-state index in [1.807, 2.05) is 13.1 Å². The Labute approximate surface area is 209 Å². The molecule has 2 aromatic heterocycles. The molecule has 0 saturated carbocycles. The lowest BCUT2D eigenvalue weighted by Gasteiger charge is -2.20. The number of hydrogen-bond acceptors (Lipinski definition) is 5. The summed E-state index contributed by atoms with van der Waals surface area (Å²) >= 11 is 6.29. The van der Waals surface area contributed by atoms with Crippen LogP contribution in [0.25, 0.3) is 5.69 Å². The molecule has 0 saturated heterocycles. The molecule has 0 aliphatic rings. The Bertz CT molecular complexity index is 1500. The Morgan fingerprint density at radius 2 is 1.78 bits per heavy atom. The molecule has 0 amide bonds. The van der Waals surface area contributed by atoms with E-state index in [9.17, 15) is 18.0 Å². The lowest BCUT2D eigenvalue weighted by atomic mass is 9.99. The summed E-state index contributed by atoms with van der Waals surface area (Å²) in [6.45, 7) is 3.37. The first-order chi connectivity index (χ1) is 17.1. The summed E-state index contributed by atoms with van der Waals surface area (Å²) in [5, 5.41) is 3.80. The van der Waals surface area contributed by atoms with Gasteiger partial charge in [0.05, 0.1) is 35.9 Å². The first kappa shape index (κ1) is 25.2. The maximum atomic E-state index is 13.8. The molecule has 11 heteroatoms. The first-order valence-electron chi connectivity index (χ1n) is 10.8. The van der Waals surface area contributed by atoms with Crippen molar-refractivity contribution in [2.75, 3.05) is 7.11 Å². The van der Waals surface area contributed by atoms with Crippen LogP contribution in [0.15, 0.2) is 65.0 Å². The number of rotatable bonds is 7. The third-order valence-electron chi connectivity index (χ3n) is 5.88. The van der Waals surface area contributed by atoms with Crippen LogP contribution in [0.5, 0.6) is 5.75 Å². The van der Waals surface area contributed by atoms with Crippen molar-refractivity contribution in [3.8, 4) is 11.4 Å². The molecule has 0 spiro atoms. The van der Waals surface area contributed by atoms with Gasteiger partial charge in [0.15, 0.2) is 17.5 Å². The van der Waals surface area contributed by atoms with E-state index < -0.39 is 35.1 Å². The molecule has 0 bridgehead atoms. The molecule has 7 nitrogen and oxygen atoms in total. The van der Waals surface area contributed by atoms with Crippen LogP contribution < -0.4 is 10.3 Å². The quantitative estimate of drug-likeness (QED) is 0.236. The number of imidazole rings is 1. The van der Waals surface area contributed by atoms with Crippen LogP contribution in [0.2, 0.25) is 5.02 Å². The van der Waals surface area contributed by atoms with E-state index in [4.69, 9.17) is 21.9 Å². The molecule has 2 heterocycles. The zero-order valence-electron chi connectivity index (χ0n) is 19.5. The molecule has 0 aliphatic carbocycles. The lowest BCUT2D eigenvalue weighted by molar-refractivity contribution is 0.412. The van der Waals surface area contributed by atoms with Gasteiger partial charge in [0.25, 0.3) is 5.56 Å². The van der Waals surface area contributed by atoms with Crippen LogP contribution in [0, 0.1) is 29.9 Å². The summed E-state index contributed by atoms with van der Waals surface area (Å²) in [5.41, 5.74) is 9.33. The molecule has 0 aliphatic heterocycles. The second-order valence-corrected chi connectivity index (χ2v) is 8.62. The monoisotopic (exact) mass is 515 g/mol. The molecule has 2 unspecified atom stereocenters. The van der Waals surface area contributed by atoms with Gasteiger partial charge in [0.1, 0.15) is 11.8 Å². The average Bonchev–Trinajstić information content (AvgIpc) is 3.29. The number of aryl methyl sites for hydroxylation is 1. The fourth-order valence-corrected chi connectivity index (χ4v) is 4.23. The zero-order valence-corrected chi connectivity index (χ0v) is 20.2. The molecule has 1 N–H and O–H groups in total. The summed E-state index contributed by atoms with van der Waals surface area (Å²) in [6.07, 6.45) is 4.77. The fraction of sp³-hybridized carbons (Fsp3) is 0.200. The Kier molecular flexibility index (Phi) is 6.98. The van der Waals surface area contributed by atoms with Gasteiger partial charge in [0.2, 0.25) is 0 Å². The number of pyridine rings is 1. The van der Waals surface area contributed by atoms with Gasteiger partial charge in [-0.25, -0.2) is 23.7 Å². The molecule has 0 radical (unpaired) electrons. The van der Waals surface area contributed by atoms with Gasteiger partial charge >= 0.3 is 0 Å². The van der Waals surface area contributed by atoms with Gasteiger partial charge < -0.3 is 13.9 Å². The number of hydrogen-bond donors (Lipinski definition) is 1. The minimum atomic E-state index is -1.60. The van der Waals surface area contributed by atoms with Crippen LogP contribution in [-0.2, 0) is 0 Å². The van der Waals surface area contributed by atoms with Crippen molar-refractivity contribution in [1.29, 1.82) is 5.53 Å². The summed E-state index contributed by atoms with van der Waals surface area (Å²) in [6, 6.07) is 6.22. The third kappa shape index (κ3) is 4.64. The number of methoxy groups -OCH3 is 1. The SMILES string of the molecule is COc1cc(C(N=N)c2cc(Cl)cn(C(C)c3cc(F)c(F)c(F)c3)c2=O)ccc1-n1cnc(C)c1. The molecule has 186 valence electrons. The van der Waals surface area contributed by atoms with Gasteiger partial charge in [-0.3, -0.25) is 4.79 Å². The van der Waals surface area contributed by atoms with Crippen molar-refractivity contribution in [2.24, 2.45) is 5.11 Å². The highest BCUT2D eigenvalue weighted by Crippen LogP contribution is 2.32. The van der Waals surface area contributed by atoms with E-state index in [1.165, 1.54) is 30.9 Å². The van der Waals surface area contributed by atoms with Crippen molar-refractivity contribution < 1.29 is 17.9 Å². The van der Waals surface area contributed by atoms with E-state index >= 15 is 0 Å². The Morgan fingerprint density at radius 3 is 2.36 bits per heavy atom. The van der Waals surface area contributed by atoms with Gasteiger partial charge in [-0.15, -0.1) is 0 Å². The molecule has 36 heavy (non-hydrogen) atoms. The molecular formula is C25H21ClF3N5O2. The average molecular weight is 516 g/mol. The molecule has 0 fully saturated rings. The predicted molar refractivity (Wildman–Crippen MR) is 128 cm³/mol. The zero-order chi connectivity index (χ0) is 26.1. The van der Waals surface area contributed by atoms with Gasteiger partial charge in [-0.05, 0) is 55.3 Å². The number of halogens is 4. The van der Waals surface area contributed by atoms with E-state index in [1.54, 1.807) is 29.1 Å². The predicted octanol–water partition coefficient (Wildman–Crippen LogP) is 6.15. The highest BCUT2D eigenvalue weighted by atomic mass is 35.5. The number of ether oxygens (including phenoxy) is 1. The van der Waals surface area contributed by atoms with Crippen molar-refractivity contribution in [3.63, 3.8) is 0 Å². The van der Waals surface area contributed by atoms with Gasteiger partial charge in [-0.2, -0.15) is 5.11 Å². The van der Waals surface area contributed by atoms with Gasteiger partial charge in [-0.1, -0.05) is 17.7 Å². The topological polar surface area (TPSA) is 85.3 Å². The molecule has 4 rings (SSSR count). The van der Waals surface area contributed by atoms with Crippen LogP contribution >= 0.6 is 11.6 Å². The van der Waals surface area contributed by atoms with Crippen molar-refractivity contribution in [2.45, 2.75) is 25.9 Å². The Balaban J connectivity index is 1.79. The Hall–Kier alpha value is -3.92. The molecule has 4 aromatic rings. The number of nitrogens with one attached hydrogen (secondary N) is 1. The van der Waals surface area contributed by atoms with Crippen LogP contribution in [0.4, 0.5) is 13.2 Å². The summed E-state index contributed by atoms with van der Waals surface area (Å²) < 4.78 is 49.5. The smallest absolute Gasteiger partial charge is 0.256 e. The lowest BCUT2D eigenvalue weighted by Crippen LogP contribution is -2.28. The Morgan fingerprint density at radius 1 is 1.08 bits per heavy atom. The van der Waals surface area contributed by atoms with Crippen molar-refractivity contribution in [3.05, 3.63) is 110 Å². The summed E-state index contributed by atoms with van der Waals surface area (Å²) in [7, 11) is 1.49. The molecule has 2 atom stereocenters. The van der Waals surface area contributed by atoms with E-state index in [2.05, 4.69) is 10.1 Å². The second-order valence-electron chi connectivity index (χ2n) is 8.19.